The third-order valence-corrected chi connectivity index (χ3v) is 5.76. The first-order valence-corrected chi connectivity index (χ1v) is 9.97. The Kier molecular flexibility index (Phi) is 8.71. The van der Waals surface area contributed by atoms with Gasteiger partial charge < -0.3 is 15.4 Å². The third-order valence-electron chi connectivity index (χ3n) is 3.89. The molecule has 0 atom stereocenters. The normalized spacial score (nSPS) is 12.3. The number of aliphatic imine (C=N–C) groups is 1. The molecule has 0 amide bonds. The van der Waals surface area contributed by atoms with Crippen LogP contribution >= 0.6 is 0 Å². The highest BCUT2D eigenvalue weighted by Crippen LogP contribution is 2.19. The predicted octanol–water partition coefficient (Wildman–Crippen LogP) is 1.34. The average Bonchev–Trinajstić information content (AvgIpc) is 2.61. The summed E-state index contributed by atoms with van der Waals surface area (Å²) in [5.41, 5.74) is 2.19. The predicted molar refractivity (Wildman–Crippen MR) is 103 cm³/mol. The number of aryl methyl sites for hydroxylation is 1. The van der Waals surface area contributed by atoms with Crippen LogP contribution in [0, 0.1) is 6.92 Å². The second-order valence-corrected chi connectivity index (χ2v) is 8.11. The van der Waals surface area contributed by atoms with Crippen LogP contribution in [0.1, 0.15) is 24.5 Å². The number of ether oxygens (including phenoxy) is 1. The van der Waals surface area contributed by atoms with Gasteiger partial charge >= 0.3 is 0 Å². The van der Waals surface area contributed by atoms with Gasteiger partial charge in [0.15, 0.2) is 5.96 Å². The molecule has 0 saturated carbocycles. The van der Waals surface area contributed by atoms with E-state index in [1.54, 1.807) is 28.1 Å². The van der Waals surface area contributed by atoms with E-state index in [0.29, 0.717) is 32.0 Å². The highest BCUT2D eigenvalue weighted by atomic mass is 32.2. The van der Waals surface area contributed by atoms with Crippen LogP contribution in [0.3, 0.4) is 0 Å². The summed E-state index contributed by atoms with van der Waals surface area (Å²) < 4.78 is 30.2. The molecule has 2 N–H and O–H groups in total. The lowest BCUT2D eigenvalue weighted by atomic mass is 10.1. The van der Waals surface area contributed by atoms with E-state index in [-0.39, 0.29) is 5.75 Å². The minimum atomic E-state index is -3.12. The fourth-order valence-electron chi connectivity index (χ4n) is 2.27. The Bertz CT molecular complexity index is 674. The molecular formula is C17H30N4O3S. The Hall–Kier alpha value is -1.80. The van der Waals surface area contributed by atoms with Crippen molar-refractivity contribution in [2.24, 2.45) is 4.99 Å². The standard InChI is InChI=1S/C17H30N4O3S/c1-6-25(22,23)21(4)11-7-10-19-17(18-3)20-13-15-9-8-14(2)12-16(15)24-5/h8-9,12H,6-7,10-11,13H2,1-5H3,(H2,18,19,20). The summed E-state index contributed by atoms with van der Waals surface area (Å²) in [5, 5.41) is 6.43. The van der Waals surface area contributed by atoms with Crippen molar-refractivity contribution in [1.82, 2.24) is 14.9 Å². The number of methoxy groups -OCH3 is 1. The first-order valence-electron chi connectivity index (χ1n) is 8.36. The summed E-state index contributed by atoms with van der Waals surface area (Å²) in [6.07, 6.45) is 0.699. The van der Waals surface area contributed by atoms with Crippen molar-refractivity contribution >= 4 is 16.0 Å². The minimum Gasteiger partial charge on any atom is -0.496 e. The first-order chi connectivity index (χ1) is 11.8. The molecule has 0 radical (unpaired) electrons. The topological polar surface area (TPSA) is 83.0 Å². The molecule has 0 aromatic heterocycles. The smallest absolute Gasteiger partial charge is 0.213 e. The zero-order chi connectivity index (χ0) is 18.9. The molecule has 0 aliphatic carbocycles. The highest BCUT2D eigenvalue weighted by molar-refractivity contribution is 7.89. The summed E-state index contributed by atoms with van der Waals surface area (Å²) in [6, 6.07) is 6.07. The van der Waals surface area contributed by atoms with Gasteiger partial charge in [0.05, 0.1) is 12.9 Å². The summed E-state index contributed by atoms with van der Waals surface area (Å²) in [7, 11) is 1.85. The second kappa shape index (κ2) is 10.2. The van der Waals surface area contributed by atoms with Crippen molar-refractivity contribution in [2.45, 2.75) is 26.8 Å². The maximum absolute atomic E-state index is 11.7. The van der Waals surface area contributed by atoms with E-state index in [2.05, 4.69) is 15.6 Å². The van der Waals surface area contributed by atoms with Gasteiger partial charge in [0.1, 0.15) is 5.75 Å². The van der Waals surface area contributed by atoms with Gasteiger partial charge in [0.2, 0.25) is 10.0 Å². The van der Waals surface area contributed by atoms with E-state index in [1.807, 2.05) is 25.1 Å². The van der Waals surface area contributed by atoms with E-state index in [9.17, 15) is 8.42 Å². The van der Waals surface area contributed by atoms with Crippen molar-refractivity contribution in [3.63, 3.8) is 0 Å². The summed E-state index contributed by atoms with van der Waals surface area (Å²) >= 11 is 0. The van der Waals surface area contributed by atoms with E-state index in [1.165, 1.54) is 4.31 Å². The third kappa shape index (κ3) is 6.91. The first kappa shape index (κ1) is 21.2. The van der Waals surface area contributed by atoms with E-state index in [4.69, 9.17) is 4.74 Å². The number of sulfonamides is 1. The van der Waals surface area contributed by atoms with Crippen LogP contribution in [0.4, 0.5) is 0 Å². The fourth-order valence-corrected chi connectivity index (χ4v) is 3.11. The lowest BCUT2D eigenvalue weighted by molar-refractivity contribution is 0.408. The maximum atomic E-state index is 11.7. The second-order valence-electron chi connectivity index (χ2n) is 5.74. The SMILES string of the molecule is CCS(=O)(=O)N(C)CCCNC(=NC)NCc1ccc(C)cc1OC. The number of nitrogens with zero attached hydrogens (tertiary/aromatic N) is 2. The Morgan fingerprint density at radius 2 is 2.04 bits per heavy atom. The van der Waals surface area contributed by atoms with Crippen LogP contribution in [0.25, 0.3) is 0 Å². The lowest BCUT2D eigenvalue weighted by Gasteiger charge is -2.17. The molecular weight excluding hydrogens is 340 g/mol. The van der Waals surface area contributed by atoms with Gasteiger partial charge in [-0.15, -0.1) is 0 Å². The van der Waals surface area contributed by atoms with Crippen molar-refractivity contribution in [2.75, 3.05) is 40.0 Å². The molecule has 0 aliphatic rings. The number of hydrogen-bond acceptors (Lipinski definition) is 4. The zero-order valence-corrected chi connectivity index (χ0v) is 16.6. The summed E-state index contributed by atoms with van der Waals surface area (Å²) in [5.74, 6) is 1.64. The van der Waals surface area contributed by atoms with Gasteiger partial charge in [-0.05, 0) is 31.9 Å². The van der Waals surface area contributed by atoms with Crippen LogP contribution in [-0.4, -0.2) is 58.7 Å². The molecule has 8 heteroatoms. The average molecular weight is 371 g/mol. The van der Waals surface area contributed by atoms with Crippen LogP contribution in [0.2, 0.25) is 0 Å². The Morgan fingerprint density at radius 1 is 1.32 bits per heavy atom. The lowest BCUT2D eigenvalue weighted by Crippen LogP contribution is -2.38. The largest absolute Gasteiger partial charge is 0.496 e. The molecule has 1 aromatic rings. The molecule has 1 rings (SSSR count). The quantitative estimate of drug-likeness (QED) is 0.389. The zero-order valence-electron chi connectivity index (χ0n) is 15.8. The van der Waals surface area contributed by atoms with Gasteiger partial charge in [0.25, 0.3) is 0 Å². The maximum Gasteiger partial charge on any atom is 0.213 e. The van der Waals surface area contributed by atoms with Crippen molar-refractivity contribution in [3.05, 3.63) is 29.3 Å². The number of hydrogen-bond donors (Lipinski definition) is 2. The van der Waals surface area contributed by atoms with Gasteiger partial charge in [-0.3, -0.25) is 4.99 Å². The molecule has 7 nitrogen and oxygen atoms in total. The van der Waals surface area contributed by atoms with Crippen LogP contribution < -0.4 is 15.4 Å². The highest BCUT2D eigenvalue weighted by Gasteiger charge is 2.14. The van der Waals surface area contributed by atoms with E-state index >= 15 is 0 Å². The minimum absolute atomic E-state index is 0.124. The molecule has 0 saturated heterocycles. The summed E-state index contributed by atoms with van der Waals surface area (Å²) in [4.78, 5) is 4.18. The van der Waals surface area contributed by atoms with Crippen LogP contribution in [0.15, 0.2) is 23.2 Å². The Morgan fingerprint density at radius 3 is 2.64 bits per heavy atom. The van der Waals surface area contributed by atoms with E-state index < -0.39 is 10.0 Å². The number of rotatable bonds is 9. The van der Waals surface area contributed by atoms with Gasteiger partial charge in [0, 0.05) is 39.3 Å². The van der Waals surface area contributed by atoms with Crippen molar-refractivity contribution < 1.29 is 13.2 Å². The van der Waals surface area contributed by atoms with Crippen molar-refractivity contribution in [3.8, 4) is 5.75 Å². The molecule has 0 heterocycles. The molecule has 25 heavy (non-hydrogen) atoms. The van der Waals surface area contributed by atoms with Crippen LogP contribution in [-0.2, 0) is 16.6 Å². The van der Waals surface area contributed by atoms with Crippen molar-refractivity contribution in [1.29, 1.82) is 0 Å². The molecule has 142 valence electrons. The molecule has 0 fully saturated rings. The fraction of sp³-hybridized carbons (Fsp3) is 0.588. The molecule has 0 aliphatic heterocycles. The Labute approximate surface area is 151 Å². The van der Waals surface area contributed by atoms with Crippen LogP contribution in [0.5, 0.6) is 5.75 Å². The monoisotopic (exact) mass is 370 g/mol. The molecule has 0 unspecified atom stereocenters. The molecule has 1 aromatic carbocycles. The molecule has 0 spiro atoms. The van der Waals surface area contributed by atoms with Gasteiger partial charge in [-0.25, -0.2) is 12.7 Å². The van der Waals surface area contributed by atoms with Gasteiger partial charge in [-0.2, -0.15) is 0 Å². The number of guanidine groups is 1. The van der Waals surface area contributed by atoms with E-state index in [0.717, 1.165) is 16.9 Å². The number of nitrogens with one attached hydrogen (secondary N) is 2. The summed E-state index contributed by atoms with van der Waals surface area (Å²) in [6.45, 7) is 5.37. The number of benzene rings is 1. The Balaban J connectivity index is 2.44. The molecule has 0 bridgehead atoms. The van der Waals surface area contributed by atoms with Gasteiger partial charge in [-0.1, -0.05) is 12.1 Å².